The monoisotopic (exact) mass is 282 g/mol. The molecule has 0 atom stereocenters. The van der Waals surface area contributed by atoms with E-state index in [1.54, 1.807) is 4.90 Å². The molecule has 0 spiro atoms. The standard InChI is InChI=1S/C14H22N2O4/c1-3-19-9-7-16(8-10-20-4-2)14(18)12-5-6-13(17)15-11-12/h5-6,11H,3-4,7-10H2,1-2H3,(H,15,17). The molecule has 1 aromatic heterocycles. The van der Waals surface area contributed by atoms with Crippen molar-refractivity contribution in [3.8, 4) is 0 Å². The highest BCUT2D eigenvalue weighted by Gasteiger charge is 2.15. The molecule has 0 bridgehead atoms. The van der Waals surface area contributed by atoms with E-state index in [9.17, 15) is 9.59 Å². The zero-order valence-electron chi connectivity index (χ0n) is 12.1. The summed E-state index contributed by atoms with van der Waals surface area (Å²) in [5, 5.41) is 0. The van der Waals surface area contributed by atoms with Crippen molar-refractivity contribution in [2.45, 2.75) is 13.8 Å². The first-order chi connectivity index (χ1) is 9.69. The number of amides is 1. The third-order valence-corrected chi connectivity index (χ3v) is 2.74. The Kier molecular flexibility index (Phi) is 7.60. The normalized spacial score (nSPS) is 10.5. The Morgan fingerprint density at radius 1 is 1.15 bits per heavy atom. The number of H-pyrrole nitrogens is 1. The first-order valence-electron chi connectivity index (χ1n) is 6.82. The van der Waals surface area contributed by atoms with E-state index < -0.39 is 0 Å². The molecule has 6 nitrogen and oxygen atoms in total. The summed E-state index contributed by atoms with van der Waals surface area (Å²) in [5.41, 5.74) is 0.231. The van der Waals surface area contributed by atoms with Gasteiger partial charge in [0.05, 0.1) is 18.8 Å². The summed E-state index contributed by atoms with van der Waals surface area (Å²) in [7, 11) is 0. The van der Waals surface area contributed by atoms with Gasteiger partial charge in [-0.25, -0.2) is 0 Å². The van der Waals surface area contributed by atoms with Gasteiger partial charge in [0.15, 0.2) is 0 Å². The van der Waals surface area contributed by atoms with Gasteiger partial charge in [0.25, 0.3) is 5.91 Å². The maximum Gasteiger partial charge on any atom is 0.255 e. The predicted octanol–water partition coefficient (Wildman–Crippen LogP) is 0.890. The number of carbonyl (C=O) groups is 1. The Morgan fingerprint density at radius 3 is 2.20 bits per heavy atom. The summed E-state index contributed by atoms with van der Waals surface area (Å²) in [6, 6.07) is 2.87. The highest BCUT2D eigenvalue weighted by molar-refractivity contribution is 5.93. The van der Waals surface area contributed by atoms with Crippen LogP contribution in [-0.4, -0.2) is 55.3 Å². The summed E-state index contributed by atoms with van der Waals surface area (Å²) >= 11 is 0. The molecule has 0 aliphatic carbocycles. The summed E-state index contributed by atoms with van der Waals surface area (Å²) in [5.74, 6) is -0.138. The van der Waals surface area contributed by atoms with Crippen molar-refractivity contribution in [1.29, 1.82) is 0 Å². The van der Waals surface area contributed by atoms with Crippen molar-refractivity contribution in [3.63, 3.8) is 0 Å². The topological polar surface area (TPSA) is 71.6 Å². The van der Waals surface area contributed by atoms with Crippen molar-refractivity contribution in [2.24, 2.45) is 0 Å². The molecule has 1 rings (SSSR count). The number of ether oxygens (including phenoxy) is 2. The van der Waals surface area contributed by atoms with Crippen LogP contribution in [0, 0.1) is 0 Å². The highest BCUT2D eigenvalue weighted by Crippen LogP contribution is 2.02. The maximum absolute atomic E-state index is 12.3. The first-order valence-corrected chi connectivity index (χ1v) is 6.82. The van der Waals surface area contributed by atoms with E-state index >= 15 is 0 Å². The minimum absolute atomic E-state index is 0.138. The fourth-order valence-electron chi connectivity index (χ4n) is 1.68. The molecule has 0 saturated carbocycles. The Bertz CT molecular complexity index is 428. The summed E-state index contributed by atoms with van der Waals surface area (Å²) in [4.78, 5) is 27.5. The van der Waals surface area contributed by atoms with E-state index in [-0.39, 0.29) is 11.5 Å². The number of carbonyl (C=O) groups excluding carboxylic acids is 1. The number of hydrogen-bond donors (Lipinski definition) is 1. The van der Waals surface area contributed by atoms with Crippen LogP contribution in [-0.2, 0) is 9.47 Å². The highest BCUT2D eigenvalue weighted by atomic mass is 16.5. The van der Waals surface area contributed by atoms with Crippen molar-refractivity contribution < 1.29 is 14.3 Å². The van der Waals surface area contributed by atoms with E-state index in [4.69, 9.17) is 9.47 Å². The van der Waals surface area contributed by atoms with E-state index in [1.165, 1.54) is 18.3 Å². The molecule has 112 valence electrons. The third kappa shape index (κ3) is 5.54. The van der Waals surface area contributed by atoms with Gasteiger partial charge >= 0.3 is 0 Å². The van der Waals surface area contributed by atoms with Crippen molar-refractivity contribution >= 4 is 5.91 Å². The number of rotatable bonds is 9. The van der Waals surface area contributed by atoms with Crippen molar-refractivity contribution in [2.75, 3.05) is 39.5 Å². The lowest BCUT2D eigenvalue weighted by Gasteiger charge is -2.22. The molecular weight excluding hydrogens is 260 g/mol. The van der Waals surface area contributed by atoms with E-state index in [2.05, 4.69) is 4.98 Å². The zero-order valence-corrected chi connectivity index (χ0v) is 12.1. The van der Waals surface area contributed by atoms with Crippen molar-refractivity contribution in [1.82, 2.24) is 9.88 Å². The van der Waals surface area contributed by atoms with Crippen LogP contribution in [0.2, 0.25) is 0 Å². The molecule has 0 radical (unpaired) electrons. The molecule has 0 unspecified atom stereocenters. The van der Waals surface area contributed by atoms with Crippen LogP contribution < -0.4 is 5.56 Å². The first kappa shape index (κ1) is 16.4. The average molecular weight is 282 g/mol. The lowest BCUT2D eigenvalue weighted by Crippen LogP contribution is -2.37. The molecule has 20 heavy (non-hydrogen) atoms. The van der Waals surface area contributed by atoms with Gasteiger partial charge < -0.3 is 19.4 Å². The largest absolute Gasteiger partial charge is 0.380 e. The van der Waals surface area contributed by atoms with Gasteiger partial charge in [-0.15, -0.1) is 0 Å². The second kappa shape index (κ2) is 9.28. The van der Waals surface area contributed by atoms with Crippen LogP contribution in [0.25, 0.3) is 0 Å². The Balaban J connectivity index is 2.66. The molecule has 1 amide bonds. The maximum atomic E-state index is 12.3. The lowest BCUT2D eigenvalue weighted by molar-refractivity contribution is 0.0549. The Labute approximate surface area is 118 Å². The molecule has 1 heterocycles. The molecule has 0 fully saturated rings. The second-order valence-corrected chi connectivity index (χ2v) is 4.13. The summed E-state index contributed by atoms with van der Waals surface area (Å²) in [6.45, 7) is 7.02. The van der Waals surface area contributed by atoms with Crippen LogP contribution in [0.3, 0.4) is 0 Å². The van der Waals surface area contributed by atoms with Gasteiger partial charge in [-0.1, -0.05) is 0 Å². The molecule has 0 saturated heterocycles. The van der Waals surface area contributed by atoms with Gasteiger partial charge in [-0.05, 0) is 19.9 Å². The van der Waals surface area contributed by atoms with Gasteiger partial charge in [0, 0.05) is 38.6 Å². The van der Waals surface area contributed by atoms with Crippen LogP contribution >= 0.6 is 0 Å². The SMILES string of the molecule is CCOCCN(CCOCC)C(=O)c1ccc(=O)[nH]c1. The van der Waals surface area contributed by atoms with E-state index in [0.29, 0.717) is 45.1 Å². The molecule has 1 aromatic rings. The molecule has 0 aliphatic rings. The van der Waals surface area contributed by atoms with Gasteiger partial charge in [0.2, 0.25) is 5.56 Å². The van der Waals surface area contributed by atoms with Gasteiger partial charge in [0.1, 0.15) is 0 Å². The smallest absolute Gasteiger partial charge is 0.255 e. The predicted molar refractivity (Wildman–Crippen MR) is 76.0 cm³/mol. The number of nitrogens with one attached hydrogen (secondary N) is 1. The number of aromatic nitrogens is 1. The molecular formula is C14H22N2O4. The summed E-state index contributed by atoms with van der Waals surface area (Å²) in [6.07, 6.45) is 1.43. The zero-order chi connectivity index (χ0) is 14.8. The molecule has 0 aromatic carbocycles. The molecule has 0 aliphatic heterocycles. The fourth-order valence-corrected chi connectivity index (χ4v) is 1.68. The fraction of sp³-hybridized carbons (Fsp3) is 0.571. The van der Waals surface area contributed by atoms with E-state index in [0.717, 1.165) is 0 Å². The number of pyridine rings is 1. The number of hydrogen-bond acceptors (Lipinski definition) is 4. The second-order valence-electron chi connectivity index (χ2n) is 4.13. The van der Waals surface area contributed by atoms with Crippen LogP contribution in [0.15, 0.2) is 23.1 Å². The Morgan fingerprint density at radius 2 is 1.75 bits per heavy atom. The quantitative estimate of drug-likeness (QED) is 0.683. The Hall–Kier alpha value is -1.66. The molecule has 1 N–H and O–H groups in total. The van der Waals surface area contributed by atoms with Crippen molar-refractivity contribution in [3.05, 3.63) is 34.2 Å². The van der Waals surface area contributed by atoms with E-state index in [1.807, 2.05) is 13.8 Å². The number of nitrogens with zero attached hydrogens (tertiary/aromatic N) is 1. The van der Waals surface area contributed by atoms with Crippen LogP contribution in [0.4, 0.5) is 0 Å². The lowest BCUT2D eigenvalue weighted by atomic mass is 10.2. The minimum atomic E-state index is -0.225. The van der Waals surface area contributed by atoms with Crippen LogP contribution in [0.5, 0.6) is 0 Å². The van der Waals surface area contributed by atoms with Crippen LogP contribution in [0.1, 0.15) is 24.2 Å². The van der Waals surface area contributed by atoms with Gasteiger partial charge in [-0.3, -0.25) is 9.59 Å². The van der Waals surface area contributed by atoms with Gasteiger partial charge in [-0.2, -0.15) is 0 Å². The number of aromatic amines is 1. The summed E-state index contributed by atoms with van der Waals surface area (Å²) < 4.78 is 10.6. The molecule has 6 heteroatoms. The minimum Gasteiger partial charge on any atom is -0.380 e. The average Bonchev–Trinajstić information content (AvgIpc) is 2.46. The third-order valence-electron chi connectivity index (χ3n) is 2.74.